The molecule has 3 nitrogen and oxygen atoms in total. The van der Waals surface area contributed by atoms with Crippen molar-refractivity contribution in [3.63, 3.8) is 0 Å². The molecular weight excluding hydrogens is 351 g/mol. The Bertz CT molecular complexity index is 417. The summed E-state index contributed by atoms with van der Waals surface area (Å²) < 4.78 is 26.6. The van der Waals surface area contributed by atoms with E-state index >= 15 is 0 Å². The molecule has 0 saturated carbocycles. The SMILES string of the molecule is CN1CCN=C1NCCc1c(F)cccc1F.I. The molecule has 1 aliphatic rings. The first-order valence-corrected chi connectivity index (χ1v) is 5.61. The fourth-order valence-corrected chi connectivity index (χ4v) is 1.79. The highest BCUT2D eigenvalue weighted by atomic mass is 127. The van der Waals surface area contributed by atoms with Crippen LogP contribution in [0.5, 0.6) is 0 Å². The lowest BCUT2D eigenvalue weighted by atomic mass is 10.1. The molecule has 1 aromatic rings. The van der Waals surface area contributed by atoms with Crippen LogP contribution in [-0.4, -0.2) is 37.5 Å². The average molecular weight is 367 g/mol. The fourth-order valence-electron chi connectivity index (χ4n) is 1.79. The lowest BCUT2D eigenvalue weighted by Gasteiger charge is -2.15. The molecule has 0 amide bonds. The number of benzene rings is 1. The summed E-state index contributed by atoms with van der Waals surface area (Å²) in [6.07, 6.45) is 0.311. The third-order valence-corrected chi connectivity index (χ3v) is 2.78. The van der Waals surface area contributed by atoms with Gasteiger partial charge < -0.3 is 10.2 Å². The van der Waals surface area contributed by atoms with E-state index in [-0.39, 0.29) is 29.5 Å². The number of hydrogen-bond acceptors (Lipinski definition) is 3. The van der Waals surface area contributed by atoms with Crippen molar-refractivity contribution in [2.45, 2.75) is 6.42 Å². The molecule has 0 saturated heterocycles. The molecule has 0 radical (unpaired) electrons. The molecule has 1 aliphatic heterocycles. The van der Waals surface area contributed by atoms with Crippen molar-refractivity contribution in [3.8, 4) is 0 Å². The smallest absolute Gasteiger partial charge is 0.193 e. The van der Waals surface area contributed by atoms with Gasteiger partial charge in [-0.1, -0.05) is 6.07 Å². The van der Waals surface area contributed by atoms with Crippen LogP contribution >= 0.6 is 24.0 Å². The molecule has 2 rings (SSSR count). The van der Waals surface area contributed by atoms with Crippen molar-refractivity contribution in [3.05, 3.63) is 35.4 Å². The van der Waals surface area contributed by atoms with Crippen LogP contribution in [0.2, 0.25) is 0 Å². The zero-order chi connectivity index (χ0) is 12.3. The Kier molecular flexibility index (Phi) is 5.77. The molecule has 0 bridgehead atoms. The van der Waals surface area contributed by atoms with E-state index in [1.165, 1.54) is 18.2 Å². The van der Waals surface area contributed by atoms with Crippen molar-refractivity contribution >= 4 is 29.9 Å². The Morgan fingerprint density at radius 1 is 1.33 bits per heavy atom. The summed E-state index contributed by atoms with van der Waals surface area (Å²) in [5, 5.41) is 3.08. The lowest BCUT2D eigenvalue weighted by molar-refractivity contribution is 0.528. The van der Waals surface area contributed by atoms with Crippen LogP contribution in [0.4, 0.5) is 8.78 Å². The zero-order valence-corrected chi connectivity index (χ0v) is 12.4. The third kappa shape index (κ3) is 3.54. The number of hydrogen-bond donors (Lipinski definition) is 1. The van der Waals surface area contributed by atoms with Gasteiger partial charge >= 0.3 is 0 Å². The largest absolute Gasteiger partial charge is 0.356 e. The molecule has 0 aromatic heterocycles. The van der Waals surface area contributed by atoms with Crippen LogP contribution in [0, 0.1) is 11.6 Å². The topological polar surface area (TPSA) is 27.6 Å². The molecule has 1 N–H and O–H groups in total. The molecule has 6 heteroatoms. The predicted molar refractivity (Wildman–Crippen MR) is 78.4 cm³/mol. The van der Waals surface area contributed by atoms with Crippen molar-refractivity contribution < 1.29 is 8.78 Å². The molecule has 0 aliphatic carbocycles. The Hall–Kier alpha value is -0.920. The Morgan fingerprint density at radius 2 is 2.00 bits per heavy atom. The lowest BCUT2D eigenvalue weighted by Crippen LogP contribution is -2.36. The quantitative estimate of drug-likeness (QED) is 0.828. The minimum Gasteiger partial charge on any atom is -0.356 e. The van der Waals surface area contributed by atoms with Gasteiger partial charge in [-0.3, -0.25) is 4.99 Å². The van der Waals surface area contributed by atoms with E-state index in [0.717, 1.165) is 19.0 Å². The summed E-state index contributed by atoms with van der Waals surface area (Å²) in [6.45, 7) is 2.13. The minimum absolute atomic E-state index is 0. The second-order valence-electron chi connectivity index (χ2n) is 4.00. The van der Waals surface area contributed by atoms with Crippen molar-refractivity contribution in [1.29, 1.82) is 0 Å². The van der Waals surface area contributed by atoms with E-state index in [1.807, 2.05) is 11.9 Å². The predicted octanol–water partition coefficient (Wildman–Crippen LogP) is 2.02. The Labute approximate surface area is 122 Å². The van der Waals surface area contributed by atoms with Crippen molar-refractivity contribution in [2.24, 2.45) is 4.99 Å². The van der Waals surface area contributed by atoms with Gasteiger partial charge in [0.1, 0.15) is 11.6 Å². The van der Waals surface area contributed by atoms with Gasteiger partial charge in [-0.25, -0.2) is 8.78 Å². The van der Waals surface area contributed by atoms with Crippen molar-refractivity contribution in [2.75, 3.05) is 26.7 Å². The fraction of sp³-hybridized carbons (Fsp3) is 0.417. The van der Waals surface area contributed by atoms with Crippen LogP contribution in [0.1, 0.15) is 5.56 Å². The second kappa shape index (κ2) is 6.86. The molecule has 0 fully saturated rings. The second-order valence-corrected chi connectivity index (χ2v) is 4.00. The van der Waals surface area contributed by atoms with Gasteiger partial charge in [-0.2, -0.15) is 0 Å². The third-order valence-electron chi connectivity index (χ3n) is 2.78. The maximum absolute atomic E-state index is 13.3. The summed E-state index contributed by atoms with van der Waals surface area (Å²) in [7, 11) is 1.93. The summed E-state index contributed by atoms with van der Waals surface area (Å²) in [5.41, 5.74) is 0.126. The Balaban J connectivity index is 0.00000162. The van der Waals surface area contributed by atoms with Crippen LogP contribution in [-0.2, 0) is 6.42 Å². The van der Waals surface area contributed by atoms with Crippen LogP contribution in [0.15, 0.2) is 23.2 Å². The molecule has 0 atom stereocenters. The van der Waals surface area contributed by atoms with Crippen LogP contribution < -0.4 is 5.32 Å². The summed E-state index contributed by atoms with van der Waals surface area (Å²) >= 11 is 0. The molecule has 0 unspecified atom stereocenters. The van der Waals surface area contributed by atoms with Gasteiger partial charge in [0.2, 0.25) is 0 Å². The number of rotatable bonds is 3. The first-order valence-electron chi connectivity index (χ1n) is 5.61. The van der Waals surface area contributed by atoms with Gasteiger partial charge in [-0.15, -0.1) is 24.0 Å². The first-order chi connectivity index (χ1) is 8.18. The highest BCUT2D eigenvalue weighted by molar-refractivity contribution is 14.0. The summed E-state index contributed by atoms with van der Waals surface area (Å²) in [6, 6.07) is 3.92. The summed E-state index contributed by atoms with van der Waals surface area (Å²) in [5.74, 6) is -0.191. The highest BCUT2D eigenvalue weighted by Crippen LogP contribution is 2.12. The minimum atomic E-state index is -0.492. The standard InChI is InChI=1S/C12H15F2N3.HI/c1-17-8-7-16-12(17)15-6-5-9-10(13)3-2-4-11(9)14;/h2-4H,5-8H2,1H3,(H,15,16);1H. The number of guanidine groups is 1. The number of nitrogens with one attached hydrogen (secondary N) is 1. The van der Waals surface area contributed by atoms with Gasteiger partial charge in [-0.05, 0) is 18.6 Å². The molecule has 1 heterocycles. The molecular formula is C12H16F2IN3. The van der Waals surface area contributed by atoms with Gasteiger partial charge in [0.05, 0.1) is 6.54 Å². The van der Waals surface area contributed by atoms with Crippen LogP contribution in [0.3, 0.4) is 0 Å². The monoisotopic (exact) mass is 367 g/mol. The van der Waals surface area contributed by atoms with Gasteiger partial charge in [0, 0.05) is 25.7 Å². The van der Waals surface area contributed by atoms with Gasteiger partial charge in [0.15, 0.2) is 5.96 Å². The highest BCUT2D eigenvalue weighted by Gasteiger charge is 2.12. The molecule has 18 heavy (non-hydrogen) atoms. The Morgan fingerprint density at radius 3 is 2.56 bits per heavy atom. The molecule has 0 spiro atoms. The zero-order valence-electron chi connectivity index (χ0n) is 10.1. The summed E-state index contributed by atoms with van der Waals surface area (Å²) in [4.78, 5) is 6.22. The number of likely N-dealkylation sites (N-methyl/N-ethyl adjacent to an activating group) is 1. The van der Waals surface area contributed by atoms with Crippen molar-refractivity contribution in [1.82, 2.24) is 10.2 Å². The van der Waals surface area contributed by atoms with E-state index in [2.05, 4.69) is 10.3 Å². The van der Waals surface area contributed by atoms with Gasteiger partial charge in [0.25, 0.3) is 0 Å². The van der Waals surface area contributed by atoms with E-state index in [1.54, 1.807) is 0 Å². The maximum atomic E-state index is 13.3. The van der Waals surface area contributed by atoms with E-state index < -0.39 is 11.6 Å². The molecule has 100 valence electrons. The van der Waals surface area contributed by atoms with E-state index in [9.17, 15) is 8.78 Å². The number of aliphatic imine (C=N–C) groups is 1. The normalized spacial score (nSPS) is 14.2. The molecule has 1 aromatic carbocycles. The first kappa shape index (κ1) is 15.1. The number of nitrogens with zero attached hydrogens (tertiary/aromatic N) is 2. The average Bonchev–Trinajstić information content (AvgIpc) is 2.69. The van der Waals surface area contributed by atoms with Crippen LogP contribution in [0.25, 0.3) is 0 Å². The maximum Gasteiger partial charge on any atom is 0.193 e. The number of halogens is 3. The van der Waals surface area contributed by atoms with E-state index in [0.29, 0.717) is 13.0 Å². The van der Waals surface area contributed by atoms with E-state index in [4.69, 9.17) is 0 Å².